The van der Waals surface area contributed by atoms with Gasteiger partial charge in [-0.1, -0.05) is 38.2 Å². The first-order valence-electron chi connectivity index (χ1n) is 23.4. The van der Waals surface area contributed by atoms with Crippen molar-refractivity contribution < 1.29 is 29.3 Å². The Kier molecular flexibility index (Phi) is 15.7. The van der Waals surface area contributed by atoms with Gasteiger partial charge in [0.1, 0.15) is 0 Å². The monoisotopic (exact) mass is 859 g/mol. The molecule has 0 radical (unpaired) electrons. The number of carbonyl (C=O) groups excluding carboxylic acids is 2. The van der Waals surface area contributed by atoms with Gasteiger partial charge in [0.2, 0.25) is 11.8 Å². The Hall–Kier alpha value is -3.92. The minimum absolute atomic E-state index is 0.00166. The molecule has 8 heterocycles. The molecule has 0 saturated carbocycles. The second kappa shape index (κ2) is 21.2. The van der Waals surface area contributed by atoms with Crippen LogP contribution in [0.1, 0.15) is 101 Å². The summed E-state index contributed by atoms with van der Waals surface area (Å²) in [6.07, 6.45) is 13.1. The smallest absolute Gasteiger partial charge is 0.258 e. The molecule has 0 unspecified atom stereocenters. The van der Waals surface area contributed by atoms with Crippen molar-refractivity contribution in [3.63, 3.8) is 0 Å². The number of nitrogens with zero attached hydrogens (tertiary/aromatic N) is 4. The highest BCUT2D eigenvalue weighted by Crippen LogP contribution is 2.51. The zero-order valence-corrected chi connectivity index (χ0v) is 37.3. The molecule has 14 nitrogen and oxygen atoms in total. The first kappa shape index (κ1) is 46.1. The number of likely N-dealkylation sites (tertiary alicyclic amines) is 2. The standard InChI is InChI=1S/2C24H35N3O4/c2*1-3-5-17-6-7-20-21-18(14-26(20)24(17)30)19(15-28)22(23(29)25-10-4-2)27(21)13-16-8-11-31-12-9-16/h2*3,5-7,16,18-19,21-22,28H,4,8-15H2,1-2H3,(H,25,29)/b5-3+;5-3-/t2*18-,19-,21+,22-/m11/s1. The minimum Gasteiger partial charge on any atom is -0.396 e. The number of ether oxygens (including phenoxy) is 2. The highest BCUT2D eigenvalue weighted by Gasteiger charge is 2.57. The second-order valence-corrected chi connectivity index (χ2v) is 18.1. The largest absolute Gasteiger partial charge is 0.396 e. The van der Waals surface area contributed by atoms with Gasteiger partial charge in [0.25, 0.3) is 11.1 Å². The lowest BCUT2D eigenvalue weighted by Crippen LogP contribution is -2.50. The maximum absolute atomic E-state index is 13.2. The van der Waals surface area contributed by atoms with Crippen molar-refractivity contribution in [2.24, 2.45) is 35.5 Å². The van der Waals surface area contributed by atoms with Gasteiger partial charge >= 0.3 is 0 Å². The molecule has 0 spiro atoms. The molecule has 0 aromatic carbocycles. The van der Waals surface area contributed by atoms with Gasteiger partial charge in [-0.05, 0) is 88.5 Å². The number of rotatable bonds is 14. The number of allylic oxidation sites excluding steroid dienone is 2. The van der Waals surface area contributed by atoms with E-state index in [1.807, 2.05) is 85.4 Å². The first-order chi connectivity index (χ1) is 30.2. The zero-order chi connectivity index (χ0) is 43.9. The van der Waals surface area contributed by atoms with E-state index in [2.05, 4.69) is 20.4 Å². The summed E-state index contributed by atoms with van der Waals surface area (Å²) < 4.78 is 14.8. The number of hydrogen-bond donors (Lipinski definition) is 4. The summed E-state index contributed by atoms with van der Waals surface area (Å²) in [5, 5.41) is 26.8. The lowest BCUT2D eigenvalue weighted by molar-refractivity contribution is -0.128. The molecule has 4 fully saturated rings. The molecule has 340 valence electrons. The Morgan fingerprint density at radius 2 is 1.05 bits per heavy atom. The van der Waals surface area contributed by atoms with Gasteiger partial charge in [-0.2, -0.15) is 0 Å². The third-order valence-corrected chi connectivity index (χ3v) is 14.4. The fourth-order valence-corrected chi connectivity index (χ4v) is 11.4. The van der Waals surface area contributed by atoms with Gasteiger partial charge in [-0.15, -0.1) is 0 Å². The first-order valence-corrected chi connectivity index (χ1v) is 23.4. The van der Waals surface area contributed by atoms with E-state index in [-0.39, 0.29) is 84.0 Å². The third kappa shape index (κ3) is 9.19. The number of amides is 2. The van der Waals surface area contributed by atoms with Crippen molar-refractivity contribution in [3.8, 4) is 0 Å². The molecule has 0 aliphatic carbocycles. The predicted molar refractivity (Wildman–Crippen MR) is 239 cm³/mol. The summed E-state index contributed by atoms with van der Waals surface area (Å²) in [5.41, 5.74) is 3.33. The van der Waals surface area contributed by atoms with E-state index >= 15 is 0 Å². The second-order valence-electron chi connectivity index (χ2n) is 18.1. The van der Waals surface area contributed by atoms with Crippen molar-refractivity contribution in [3.05, 3.63) is 79.6 Å². The number of aliphatic hydroxyl groups is 2. The van der Waals surface area contributed by atoms with Crippen LogP contribution in [0.5, 0.6) is 0 Å². The third-order valence-electron chi connectivity index (χ3n) is 14.4. The fourth-order valence-electron chi connectivity index (χ4n) is 11.4. The van der Waals surface area contributed by atoms with Gasteiger partial charge in [0, 0.05) is 125 Å². The van der Waals surface area contributed by atoms with E-state index < -0.39 is 0 Å². The highest BCUT2D eigenvalue weighted by atomic mass is 16.5. The Morgan fingerprint density at radius 3 is 1.39 bits per heavy atom. The molecular formula is C48H70N6O8. The van der Waals surface area contributed by atoms with E-state index in [1.54, 1.807) is 0 Å². The lowest BCUT2D eigenvalue weighted by atomic mass is 9.88. The van der Waals surface area contributed by atoms with E-state index in [0.29, 0.717) is 49.1 Å². The summed E-state index contributed by atoms with van der Waals surface area (Å²) in [4.78, 5) is 57.1. The average Bonchev–Trinajstić information content (AvgIpc) is 4.02. The number of aliphatic hydroxyl groups excluding tert-OH is 2. The van der Waals surface area contributed by atoms with Gasteiger partial charge in [-0.3, -0.25) is 29.0 Å². The van der Waals surface area contributed by atoms with Crippen molar-refractivity contribution in [1.82, 2.24) is 29.6 Å². The molecule has 6 aliphatic rings. The van der Waals surface area contributed by atoms with Crippen molar-refractivity contribution >= 4 is 24.0 Å². The van der Waals surface area contributed by atoms with Gasteiger partial charge in [-0.25, -0.2) is 0 Å². The Morgan fingerprint density at radius 1 is 0.661 bits per heavy atom. The molecule has 8 rings (SSSR count). The molecule has 0 bridgehead atoms. The van der Waals surface area contributed by atoms with Crippen molar-refractivity contribution in [2.75, 3.05) is 65.8 Å². The maximum Gasteiger partial charge on any atom is 0.258 e. The minimum atomic E-state index is -0.367. The van der Waals surface area contributed by atoms with Crippen LogP contribution in [0.25, 0.3) is 12.2 Å². The normalized spacial score (nSPS) is 28.7. The van der Waals surface area contributed by atoms with E-state index in [9.17, 15) is 29.4 Å². The summed E-state index contributed by atoms with van der Waals surface area (Å²) in [6, 6.07) is 7.08. The van der Waals surface area contributed by atoms with Crippen LogP contribution in [0.2, 0.25) is 0 Å². The molecule has 62 heavy (non-hydrogen) atoms. The number of nitrogens with one attached hydrogen (secondary N) is 2. The Balaban J connectivity index is 0.000000186. The molecule has 2 aromatic heterocycles. The van der Waals surface area contributed by atoms with Crippen LogP contribution >= 0.6 is 0 Å². The summed E-state index contributed by atoms with van der Waals surface area (Å²) in [7, 11) is 0. The van der Waals surface area contributed by atoms with Gasteiger partial charge in [0.15, 0.2) is 0 Å². The Bertz CT molecular complexity index is 1890. The summed E-state index contributed by atoms with van der Waals surface area (Å²) >= 11 is 0. The van der Waals surface area contributed by atoms with Crippen LogP contribution in [0, 0.1) is 35.5 Å². The highest BCUT2D eigenvalue weighted by molar-refractivity contribution is 5.83. The van der Waals surface area contributed by atoms with Crippen LogP contribution in [0.3, 0.4) is 0 Å². The van der Waals surface area contributed by atoms with Gasteiger partial charge in [0.05, 0.1) is 24.2 Å². The molecule has 4 N–H and O–H groups in total. The number of hydrogen-bond acceptors (Lipinski definition) is 10. The zero-order valence-electron chi connectivity index (χ0n) is 37.3. The van der Waals surface area contributed by atoms with Crippen LogP contribution in [0.15, 0.2) is 46.0 Å². The molecule has 8 atom stereocenters. The average molecular weight is 859 g/mol. The van der Waals surface area contributed by atoms with E-state index in [0.717, 1.165) is 89.4 Å². The lowest BCUT2D eigenvalue weighted by Gasteiger charge is -2.35. The number of aromatic nitrogens is 2. The fraction of sp³-hybridized carbons (Fsp3) is 0.667. The van der Waals surface area contributed by atoms with E-state index in [4.69, 9.17) is 9.47 Å². The Labute approximate surface area is 366 Å². The van der Waals surface area contributed by atoms with E-state index in [1.165, 1.54) is 0 Å². The number of fused-ring (bicyclic) bond motifs is 6. The van der Waals surface area contributed by atoms with Crippen LogP contribution in [0.4, 0.5) is 0 Å². The molecule has 6 aliphatic heterocycles. The van der Waals surface area contributed by atoms with Crippen molar-refractivity contribution in [1.29, 1.82) is 0 Å². The molecule has 14 heteroatoms. The molecule has 2 amide bonds. The summed E-state index contributed by atoms with van der Waals surface area (Å²) in [5.74, 6) is 0.639. The van der Waals surface area contributed by atoms with Crippen LogP contribution < -0.4 is 21.8 Å². The summed E-state index contributed by atoms with van der Waals surface area (Å²) in [6.45, 7) is 14.8. The van der Waals surface area contributed by atoms with Crippen LogP contribution in [-0.4, -0.2) is 119 Å². The number of pyridine rings is 2. The quantitative estimate of drug-likeness (QED) is 0.221. The van der Waals surface area contributed by atoms with Crippen LogP contribution in [-0.2, 0) is 32.2 Å². The molecule has 2 aromatic rings. The van der Waals surface area contributed by atoms with Gasteiger partial charge < -0.3 is 39.5 Å². The predicted octanol–water partition coefficient (Wildman–Crippen LogP) is 3.60. The van der Waals surface area contributed by atoms with Crippen molar-refractivity contribution in [2.45, 2.75) is 103 Å². The molecule has 4 saturated heterocycles. The SMILES string of the molecule is C/C=C/c1ccc2n(c1=O)C[C@@H]1[C@@H](CO)[C@H](C(=O)NCCC)N(CC3CCOCC3)[C@H]21.C/C=C\c1ccc2n(c1=O)C[C@@H]1[C@@H](CO)[C@H](C(=O)NCCC)N(CC3CCOCC3)[C@H]21. The number of carbonyl (C=O) groups is 2. The maximum atomic E-state index is 13.2. The topological polar surface area (TPSA) is 168 Å². The molecular weight excluding hydrogens is 789 g/mol.